The van der Waals surface area contributed by atoms with Crippen LogP contribution in [-0.2, 0) is 0 Å². The third kappa shape index (κ3) is 2.72. The highest BCUT2D eigenvalue weighted by atomic mass is 35.5. The number of azo groups is 1. The van der Waals surface area contributed by atoms with Gasteiger partial charge < -0.3 is 0 Å². The Labute approximate surface area is 148 Å². The van der Waals surface area contributed by atoms with Crippen LogP contribution in [0.1, 0.15) is 5.56 Å². The van der Waals surface area contributed by atoms with Gasteiger partial charge in [0.25, 0.3) is 0 Å². The molecular weight excluding hydrogens is 340 g/mol. The molecule has 3 heterocycles. The average Bonchev–Trinajstić information content (AvgIpc) is 3.21. The molecule has 4 aromatic rings. The molecule has 0 amide bonds. The number of fused-ring (bicyclic) bond motifs is 1. The van der Waals surface area contributed by atoms with Crippen molar-refractivity contribution in [1.82, 2.24) is 9.38 Å². The van der Waals surface area contributed by atoms with Gasteiger partial charge in [0.05, 0.1) is 15.6 Å². The molecule has 0 aliphatic rings. The number of hydrogen-bond donors (Lipinski definition) is 0. The first kappa shape index (κ1) is 15.1. The van der Waals surface area contributed by atoms with E-state index >= 15 is 0 Å². The van der Waals surface area contributed by atoms with Gasteiger partial charge in [-0.1, -0.05) is 35.9 Å². The minimum atomic E-state index is 0.630. The molecule has 1 aromatic carbocycles. The molecule has 4 rings (SSSR count). The number of imidazole rings is 1. The molecular formula is C18H13ClN4S. The Bertz CT molecular complexity index is 1030. The fourth-order valence-electron chi connectivity index (χ4n) is 2.46. The lowest BCUT2D eigenvalue weighted by Gasteiger charge is -2.00. The van der Waals surface area contributed by atoms with Crippen molar-refractivity contribution < 1.29 is 0 Å². The average molecular weight is 353 g/mol. The van der Waals surface area contributed by atoms with Gasteiger partial charge in [0.2, 0.25) is 0 Å². The Morgan fingerprint density at radius 2 is 1.92 bits per heavy atom. The molecule has 0 aliphatic carbocycles. The van der Waals surface area contributed by atoms with Gasteiger partial charge in [-0.3, -0.25) is 4.40 Å². The molecule has 0 unspecified atom stereocenters. The summed E-state index contributed by atoms with van der Waals surface area (Å²) in [4.78, 5) is 5.74. The number of thiophene rings is 1. The van der Waals surface area contributed by atoms with Crippen LogP contribution in [-0.4, -0.2) is 9.38 Å². The van der Waals surface area contributed by atoms with Gasteiger partial charge in [-0.05, 0) is 42.1 Å². The number of halogens is 1. The third-order valence-electron chi connectivity index (χ3n) is 3.68. The summed E-state index contributed by atoms with van der Waals surface area (Å²) in [6.45, 7) is 2.01. The lowest BCUT2D eigenvalue weighted by molar-refractivity contribution is 1.10. The van der Waals surface area contributed by atoms with Crippen molar-refractivity contribution in [2.75, 3.05) is 0 Å². The second-order valence-corrected chi connectivity index (χ2v) is 6.71. The van der Waals surface area contributed by atoms with E-state index in [0.29, 0.717) is 10.8 Å². The van der Waals surface area contributed by atoms with Crippen molar-refractivity contribution in [2.45, 2.75) is 6.92 Å². The van der Waals surface area contributed by atoms with Crippen LogP contribution in [0.3, 0.4) is 0 Å². The SMILES string of the molecule is Cc1ccccc1N=Nc1c(-c2cccs2)nc2ccc(Cl)cn12. The maximum absolute atomic E-state index is 6.15. The predicted molar refractivity (Wildman–Crippen MR) is 98.9 cm³/mol. The van der Waals surface area contributed by atoms with Gasteiger partial charge in [-0.15, -0.1) is 21.6 Å². The standard InChI is InChI=1S/C18H13ClN4S/c1-12-5-2-3-6-14(12)21-22-18-17(15-7-4-10-24-15)20-16-9-8-13(19)11-23(16)18/h2-11H,1H3. The molecule has 118 valence electrons. The molecule has 0 aliphatic heterocycles. The summed E-state index contributed by atoms with van der Waals surface area (Å²) in [7, 11) is 0. The van der Waals surface area contributed by atoms with E-state index in [0.717, 1.165) is 27.5 Å². The summed E-state index contributed by atoms with van der Waals surface area (Å²) in [5.74, 6) is 0.679. The number of pyridine rings is 1. The largest absolute Gasteiger partial charge is 0.281 e. The molecule has 0 saturated heterocycles. The van der Waals surface area contributed by atoms with E-state index in [1.165, 1.54) is 0 Å². The third-order valence-corrected chi connectivity index (χ3v) is 4.78. The molecule has 0 radical (unpaired) electrons. The lowest BCUT2D eigenvalue weighted by Crippen LogP contribution is -1.82. The zero-order chi connectivity index (χ0) is 16.5. The van der Waals surface area contributed by atoms with Crippen LogP contribution >= 0.6 is 22.9 Å². The van der Waals surface area contributed by atoms with Crippen molar-refractivity contribution in [3.8, 4) is 10.6 Å². The maximum Gasteiger partial charge on any atom is 0.188 e. The van der Waals surface area contributed by atoms with Gasteiger partial charge in [0.15, 0.2) is 5.82 Å². The van der Waals surface area contributed by atoms with Gasteiger partial charge in [0, 0.05) is 6.20 Å². The van der Waals surface area contributed by atoms with Crippen molar-refractivity contribution in [3.63, 3.8) is 0 Å². The number of nitrogens with zero attached hydrogens (tertiary/aromatic N) is 4. The maximum atomic E-state index is 6.15. The van der Waals surface area contributed by atoms with Crippen LogP contribution in [0.4, 0.5) is 11.5 Å². The first-order valence-electron chi connectivity index (χ1n) is 7.41. The van der Waals surface area contributed by atoms with E-state index in [9.17, 15) is 0 Å². The van der Waals surface area contributed by atoms with Gasteiger partial charge in [-0.2, -0.15) is 0 Å². The molecule has 4 nitrogen and oxygen atoms in total. The van der Waals surface area contributed by atoms with E-state index in [-0.39, 0.29) is 0 Å². The smallest absolute Gasteiger partial charge is 0.188 e. The van der Waals surface area contributed by atoms with Crippen molar-refractivity contribution in [2.24, 2.45) is 10.2 Å². The highest BCUT2D eigenvalue weighted by Gasteiger charge is 2.15. The van der Waals surface area contributed by atoms with Crippen molar-refractivity contribution >= 4 is 40.1 Å². The quantitative estimate of drug-likeness (QED) is 0.391. The second kappa shape index (κ2) is 6.19. The normalized spacial score (nSPS) is 11.6. The highest BCUT2D eigenvalue weighted by Crippen LogP contribution is 2.35. The van der Waals surface area contributed by atoms with Gasteiger partial charge in [-0.25, -0.2) is 4.98 Å². The summed E-state index contributed by atoms with van der Waals surface area (Å²) in [5.41, 5.74) is 3.52. The summed E-state index contributed by atoms with van der Waals surface area (Å²) < 4.78 is 1.87. The summed E-state index contributed by atoms with van der Waals surface area (Å²) in [6, 6.07) is 15.6. The van der Waals surface area contributed by atoms with Crippen LogP contribution < -0.4 is 0 Å². The molecule has 0 bridgehead atoms. The van der Waals surface area contributed by atoms with Crippen LogP contribution in [0.5, 0.6) is 0 Å². The van der Waals surface area contributed by atoms with Gasteiger partial charge in [0.1, 0.15) is 11.3 Å². The molecule has 6 heteroatoms. The molecule has 0 N–H and O–H groups in total. The van der Waals surface area contributed by atoms with E-state index in [4.69, 9.17) is 16.6 Å². The Hall–Kier alpha value is -2.50. The molecule has 0 fully saturated rings. The number of rotatable bonds is 3. The van der Waals surface area contributed by atoms with Crippen LogP contribution in [0, 0.1) is 6.92 Å². The fourth-order valence-corrected chi connectivity index (χ4v) is 3.33. The fraction of sp³-hybridized carbons (Fsp3) is 0.0556. The number of aromatic nitrogens is 2. The molecule has 0 saturated carbocycles. The zero-order valence-corrected chi connectivity index (χ0v) is 14.4. The Morgan fingerprint density at radius 1 is 1.04 bits per heavy atom. The van der Waals surface area contributed by atoms with E-state index < -0.39 is 0 Å². The van der Waals surface area contributed by atoms with Crippen molar-refractivity contribution in [3.05, 3.63) is 70.7 Å². The number of benzene rings is 1. The van der Waals surface area contributed by atoms with Crippen LogP contribution in [0.2, 0.25) is 5.02 Å². The predicted octanol–water partition coefficient (Wildman–Crippen LogP) is 6.44. The van der Waals surface area contributed by atoms with E-state index in [1.54, 1.807) is 11.3 Å². The number of aryl methyl sites for hydroxylation is 1. The highest BCUT2D eigenvalue weighted by molar-refractivity contribution is 7.13. The topological polar surface area (TPSA) is 42.0 Å². The summed E-state index contributed by atoms with van der Waals surface area (Å²) in [6.07, 6.45) is 1.81. The molecule has 0 spiro atoms. The van der Waals surface area contributed by atoms with Crippen LogP contribution in [0.15, 0.2) is 70.3 Å². The van der Waals surface area contributed by atoms with Gasteiger partial charge >= 0.3 is 0 Å². The van der Waals surface area contributed by atoms with Crippen molar-refractivity contribution in [1.29, 1.82) is 0 Å². The summed E-state index contributed by atoms with van der Waals surface area (Å²) >= 11 is 7.77. The zero-order valence-electron chi connectivity index (χ0n) is 12.8. The lowest BCUT2D eigenvalue weighted by atomic mass is 10.2. The number of hydrogen-bond acceptors (Lipinski definition) is 4. The summed E-state index contributed by atoms with van der Waals surface area (Å²) in [5, 5.41) is 11.6. The van der Waals surface area contributed by atoms with Crippen LogP contribution in [0.25, 0.3) is 16.2 Å². The van der Waals surface area contributed by atoms with E-state index in [2.05, 4.69) is 10.2 Å². The molecule has 24 heavy (non-hydrogen) atoms. The monoisotopic (exact) mass is 352 g/mol. The Kier molecular flexibility index (Phi) is 3.88. The Morgan fingerprint density at radius 3 is 2.71 bits per heavy atom. The Balaban J connectivity index is 1.90. The van der Waals surface area contributed by atoms with E-state index in [1.807, 2.05) is 71.4 Å². The minimum Gasteiger partial charge on any atom is -0.281 e. The molecule has 3 aromatic heterocycles. The molecule has 0 atom stereocenters. The second-order valence-electron chi connectivity index (χ2n) is 5.32. The first-order chi connectivity index (χ1) is 11.7. The first-order valence-corrected chi connectivity index (χ1v) is 8.67. The minimum absolute atomic E-state index is 0.630.